The molecule has 0 atom stereocenters. The summed E-state index contributed by atoms with van der Waals surface area (Å²) in [5.74, 6) is 0.336. The molecule has 0 aromatic heterocycles. The zero-order valence-corrected chi connectivity index (χ0v) is 16.4. The molecule has 1 aliphatic rings. The van der Waals surface area contributed by atoms with Gasteiger partial charge in [-0.1, -0.05) is 0 Å². The van der Waals surface area contributed by atoms with Crippen LogP contribution >= 0.6 is 0 Å². The zero-order chi connectivity index (χ0) is 21.1. The predicted octanol–water partition coefficient (Wildman–Crippen LogP) is 0.794. The van der Waals surface area contributed by atoms with Crippen molar-refractivity contribution < 1.29 is 20.1 Å². The lowest BCUT2D eigenvalue weighted by molar-refractivity contribution is 0.155. The number of aliphatic imine (C=N–C) groups is 1. The fourth-order valence-electron chi connectivity index (χ4n) is 2.81. The number of hydrogen-bond acceptors (Lipinski definition) is 9. The zero-order valence-electron chi connectivity index (χ0n) is 16.4. The van der Waals surface area contributed by atoms with Gasteiger partial charge in [0.15, 0.2) is 0 Å². The molecule has 0 aliphatic heterocycles. The van der Waals surface area contributed by atoms with E-state index >= 15 is 0 Å². The number of ether oxygens (including phenoxy) is 1. The molecule has 0 saturated heterocycles. The monoisotopic (exact) mass is 403 g/mol. The second-order valence-electron chi connectivity index (χ2n) is 6.47. The Labute approximate surface area is 170 Å². The van der Waals surface area contributed by atoms with Crippen molar-refractivity contribution in [2.24, 2.45) is 4.99 Å². The molecule has 1 aliphatic carbocycles. The molecule has 1 aromatic rings. The Bertz CT molecular complexity index is 740. The van der Waals surface area contributed by atoms with Gasteiger partial charge in [0.1, 0.15) is 12.4 Å². The van der Waals surface area contributed by atoms with Crippen LogP contribution in [0.4, 0.5) is 11.4 Å². The molecule has 0 heterocycles. The third kappa shape index (κ3) is 7.39. The molecule has 0 fully saturated rings. The van der Waals surface area contributed by atoms with Gasteiger partial charge in [0.2, 0.25) is 0 Å². The number of allylic oxidation sites excluding steroid dienone is 2. The van der Waals surface area contributed by atoms with Gasteiger partial charge in [-0.05, 0) is 24.3 Å². The summed E-state index contributed by atoms with van der Waals surface area (Å²) in [6.07, 6.45) is 1.71. The molecular formula is C20H29N5O4. The minimum absolute atomic E-state index is 0.0602. The van der Waals surface area contributed by atoms with Crippen LogP contribution in [-0.2, 0) is 4.74 Å². The van der Waals surface area contributed by atoms with Gasteiger partial charge in [0, 0.05) is 44.4 Å². The van der Waals surface area contributed by atoms with E-state index in [-0.39, 0.29) is 44.3 Å². The lowest BCUT2D eigenvalue weighted by atomic mass is 10.00. The smallest absolute Gasteiger partial charge is 0.142 e. The molecule has 0 saturated carbocycles. The summed E-state index contributed by atoms with van der Waals surface area (Å²) in [6, 6.07) is 7.46. The van der Waals surface area contributed by atoms with E-state index in [1.807, 2.05) is 29.2 Å². The topological polar surface area (TPSA) is 145 Å². The summed E-state index contributed by atoms with van der Waals surface area (Å²) in [5, 5.41) is 46.2. The van der Waals surface area contributed by atoms with E-state index in [0.29, 0.717) is 43.3 Å². The molecule has 9 heteroatoms. The van der Waals surface area contributed by atoms with Crippen LogP contribution in [0.25, 0.3) is 0 Å². The molecule has 1 aromatic carbocycles. The van der Waals surface area contributed by atoms with Crippen molar-refractivity contribution in [1.82, 2.24) is 4.90 Å². The first kappa shape index (κ1) is 22.7. The van der Waals surface area contributed by atoms with E-state index in [4.69, 9.17) is 30.9 Å². The van der Waals surface area contributed by atoms with Gasteiger partial charge in [-0.25, -0.2) is 4.99 Å². The normalized spacial score (nSPS) is 15.7. The van der Waals surface area contributed by atoms with Crippen LogP contribution in [0.3, 0.4) is 0 Å². The summed E-state index contributed by atoms with van der Waals surface area (Å²) in [6.45, 7) is 2.52. The third-order valence-electron chi connectivity index (χ3n) is 4.28. The van der Waals surface area contributed by atoms with Gasteiger partial charge in [-0.15, -0.1) is 0 Å². The van der Waals surface area contributed by atoms with Crippen molar-refractivity contribution in [1.29, 1.82) is 10.8 Å². The molecule has 0 bridgehead atoms. The Kier molecular flexibility index (Phi) is 9.45. The van der Waals surface area contributed by atoms with Crippen molar-refractivity contribution in [2.75, 3.05) is 57.9 Å². The Hall–Kier alpha value is -2.59. The number of nitrogens with zero attached hydrogens (tertiary/aromatic N) is 2. The van der Waals surface area contributed by atoms with Crippen LogP contribution in [0.15, 0.2) is 41.1 Å². The van der Waals surface area contributed by atoms with E-state index in [0.717, 1.165) is 5.69 Å². The summed E-state index contributed by atoms with van der Waals surface area (Å²) in [5.41, 5.74) is 2.51. The van der Waals surface area contributed by atoms with Crippen LogP contribution < -0.4 is 5.32 Å². The van der Waals surface area contributed by atoms with Gasteiger partial charge in [-0.3, -0.25) is 4.90 Å². The summed E-state index contributed by atoms with van der Waals surface area (Å²) >= 11 is 0. The van der Waals surface area contributed by atoms with E-state index in [1.54, 1.807) is 6.08 Å². The number of nitrogens with one attached hydrogen (secondary N) is 3. The second-order valence-corrected chi connectivity index (χ2v) is 6.47. The van der Waals surface area contributed by atoms with Gasteiger partial charge < -0.3 is 36.2 Å². The summed E-state index contributed by atoms with van der Waals surface area (Å²) in [4.78, 5) is 6.45. The van der Waals surface area contributed by atoms with E-state index in [9.17, 15) is 0 Å². The number of anilines is 1. The summed E-state index contributed by atoms with van der Waals surface area (Å²) < 4.78 is 5.34. The van der Waals surface area contributed by atoms with Crippen molar-refractivity contribution in [3.63, 3.8) is 0 Å². The van der Waals surface area contributed by atoms with Gasteiger partial charge in [0.05, 0.1) is 42.6 Å². The Balaban J connectivity index is 1.97. The second kappa shape index (κ2) is 12.1. The molecule has 0 radical (unpaired) electrons. The van der Waals surface area contributed by atoms with Crippen molar-refractivity contribution >= 4 is 28.5 Å². The third-order valence-corrected chi connectivity index (χ3v) is 4.28. The molecular weight excluding hydrogens is 374 g/mol. The quantitative estimate of drug-likeness (QED) is 0.304. The lowest BCUT2D eigenvalue weighted by Gasteiger charge is -2.20. The maximum Gasteiger partial charge on any atom is 0.142 e. The average Bonchev–Trinajstić information content (AvgIpc) is 2.70. The minimum atomic E-state index is -0.138. The molecule has 0 spiro atoms. The fourth-order valence-corrected chi connectivity index (χ4v) is 2.81. The van der Waals surface area contributed by atoms with Gasteiger partial charge in [-0.2, -0.15) is 0 Å². The lowest BCUT2D eigenvalue weighted by Crippen LogP contribution is -2.34. The standard InChI is InChI=1S/C20H29N5O4/c21-17-13-18(22)20(29-12-11-28)14-19(17)24-16-3-1-15(2-4-16)23-5-6-25(7-9-26)8-10-27/h1-4,14,21-23,26-28H,5-13H2. The maximum atomic E-state index is 9.03. The van der Waals surface area contributed by atoms with Crippen LogP contribution in [0.5, 0.6) is 0 Å². The minimum Gasteiger partial charge on any atom is -0.489 e. The first-order chi connectivity index (χ1) is 14.1. The van der Waals surface area contributed by atoms with Crippen LogP contribution in [0.2, 0.25) is 0 Å². The highest BCUT2D eigenvalue weighted by molar-refractivity contribution is 6.51. The van der Waals surface area contributed by atoms with Crippen LogP contribution in [0.1, 0.15) is 6.42 Å². The van der Waals surface area contributed by atoms with Crippen molar-refractivity contribution in [3.8, 4) is 0 Å². The summed E-state index contributed by atoms with van der Waals surface area (Å²) in [7, 11) is 0. The predicted molar refractivity (Wildman–Crippen MR) is 114 cm³/mol. The number of hydrogen-bond donors (Lipinski definition) is 6. The highest BCUT2D eigenvalue weighted by atomic mass is 16.5. The number of aliphatic hydroxyl groups is 3. The first-order valence-corrected chi connectivity index (χ1v) is 9.55. The van der Waals surface area contributed by atoms with Gasteiger partial charge >= 0.3 is 0 Å². The largest absolute Gasteiger partial charge is 0.489 e. The van der Waals surface area contributed by atoms with Crippen molar-refractivity contribution in [3.05, 3.63) is 36.1 Å². The van der Waals surface area contributed by atoms with E-state index in [1.165, 1.54) is 0 Å². The van der Waals surface area contributed by atoms with E-state index < -0.39 is 0 Å². The molecule has 9 nitrogen and oxygen atoms in total. The maximum absolute atomic E-state index is 9.03. The highest BCUT2D eigenvalue weighted by Crippen LogP contribution is 2.19. The molecule has 0 unspecified atom stereocenters. The fraction of sp³-hybridized carbons (Fsp3) is 0.450. The van der Waals surface area contributed by atoms with Crippen molar-refractivity contribution in [2.45, 2.75) is 6.42 Å². The highest BCUT2D eigenvalue weighted by Gasteiger charge is 2.20. The number of rotatable bonds is 12. The molecule has 6 N–H and O–H groups in total. The SMILES string of the molecule is N=C1CC(=N)C(=Nc2ccc(NCCN(CCO)CCO)cc2)C=C1OCCO. The molecule has 29 heavy (non-hydrogen) atoms. The van der Waals surface area contributed by atoms with Gasteiger partial charge in [0.25, 0.3) is 0 Å². The van der Waals surface area contributed by atoms with E-state index in [2.05, 4.69) is 10.3 Å². The number of aliphatic hydroxyl groups excluding tert-OH is 3. The molecule has 2 rings (SSSR count). The Morgan fingerprint density at radius 3 is 2.28 bits per heavy atom. The molecule has 0 amide bonds. The molecule has 158 valence electrons. The average molecular weight is 403 g/mol. The van der Waals surface area contributed by atoms with Crippen LogP contribution in [-0.4, -0.2) is 90.0 Å². The first-order valence-electron chi connectivity index (χ1n) is 9.55. The Morgan fingerprint density at radius 1 is 0.966 bits per heavy atom. The number of benzene rings is 1. The van der Waals surface area contributed by atoms with Crippen LogP contribution in [0, 0.1) is 10.8 Å². The Morgan fingerprint density at radius 2 is 1.66 bits per heavy atom.